The van der Waals surface area contributed by atoms with Crippen LogP contribution in [0.5, 0.6) is 0 Å². The maximum atomic E-state index is 9.01. The number of aryl methyl sites for hydroxylation is 1. The molecular weight excluding hydrogens is 258 g/mol. The van der Waals surface area contributed by atoms with Gasteiger partial charge in [0.2, 0.25) is 0 Å². The molecule has 14 heavy (non-hydrogen) atoms. The lowest BCUT2D eigenvalue weighted by atomic mass is 10.1. The standard InChI is InChI=1S/C11H8BrNS/c1-2-7-5-8(6-13)11-9(10(7)12)3-4-14-11/h3-5H,2H2,1H3. The van der Waals surface area contributed by atoms with Gasteiger partial charge in [-0.05, 0) is 45.4 Å². The fourth-order valence-corrected chi connectivity index (χ4v) is 3.23. The Balaban J connectivity index is 2.89. The van der Waals surface area contributed by atoms with Gasteiger partial charge >= 0.3 is 0 Å². The molecule has 1 aromatic heterocycles. The minimum atomic E-state index is 0.787. The lowest BCUT2D eigenvalue weighted by Crippen LogP contribution is -1.86. The van der Waals surface area contributed by atoms with Crippen LogP contribution in [0.15, 0.2) is 22.0 Å². The molecule has 0 atom stereocenters. The second-order valence-corrected chi connectivity index (χ2v) is 4.74. The minimum absolute atomic E-state index is 0.787. The number of hydrogen-bond donors (Lipinski definition) is 0. The second-order valence-electron chi connectivity index (χ2n) is 3.03. The summed E-state index contributed by atoms with van der Waals surface area (Å²) in [7, 11) is 0. The monoisotopic (exact) mass is 265 g/mol. The van der Waals surface area contributed by atoms with Crippen molar-refractivity contribution in [1.82, 2.24) is 0 Å². The van der Waals surface area contributed by atoms with E-state index in [4.69, 9.17) is 5.26 Å². The van der Waals surface area contributed by atoms with Crippen molar-refractivity contribution in [2.45, 2.75) is 13.3 Å². The zero-order valence-electron chi connectivity index (χ0n) is 7.67. The summed E-state index contributed by atoms with van der Waals surface area (Å²) in [4.78, 5) is 0. The lowest BCUT2D eigenvalue weighted by molar-refractivity contribution is 1.13. The highest BCUT2D eigenvalue weighted by molar-refractivity contribution is 9.10. The van der Waals surface area contributed by atoms with Crippen LogP contribution in [-0.2, 0) is 6.42 Å². The van der Waals surface area contributed by atoms with Crippen molar-refractivity contribution >= 4 is 37.4 Å². The molecule has 0 radical (unpaired) electrons. The van der Waals surface area contributed by atoms with Gasteiger partial charge in [0.1, 0.15) is 6.07 Å². The summed E-state index contributed by atoms with van der Waals surface area (Å²) in [6.45, 7) is 2.10. The zero-order chi connectivity index (χ0) is 10.1. The quantitative estimate of drug-likeness (QED) is 0.762. The predicted molar refractivity (Wildman–Crippen MR) is 63.6 cm³/mol. The Morgan fingerprint density at radius 2 is 2.36 bits per heavy atom. The molecule has 0 fully saturated rings. The molecule has 0 spiro atoms. The SMILES string of the molecule is CCc1cc(C#N)c2sccc2c1Br. The van der Waals surface area contributed by atoms with Gasteiger partial charge < -0.3 is 0 Å². The first-order valence-electron chi connectivity index (χ1n) is 4.36. The fourth-order valence-electron chi connectivity index (χ4n) is 1.51. The van der Waals surface area contributed by atoms with Crippen molar-refractivity contribution in [2.24, 2.45) is 0 Å². The molecule has 0 aliphatic heterocycles. The van der Waals surface area contributed by atoms with E-state index in [0.29, 0.717) is 0 Å². The third-order valence-electron chi connectivity index (χ3n) is 2.25. The number of fused-ring (bicyclic) bond motifs is 1. The first-order chi connectivity index (χ1) is 6.77. The van der Waals surface area contributed by atoms with Crippen LogP contribution >= 0.6 is 27.3 Å². The Kier molecular flexibility index (Phi) is 2.58. The van der Waals surface area contributed by atoms with Gasteiger partial charge in [-0.25, -0.2) is 0 Å². The molecule has 0 N–H and O–H groups in total. The van der Waals surface area contributed by atoms with Crippen LogP contribution in [0.2, 0.25) is 0 Å². The van der Waals surface area contributed by atoms with E-state index in [2.05, 4.69) is 35.0 Å². The summed E-state index contributed by atoms with van der Waals surface area (Å²) in [5, 5.41) is 12.2. The van der Waals surface area contributed by atoms with Crippen molar-refractivity contribution in [1.29, 1.82) is 5.26 Å². The molecule has 3 heteroatoms. The van der Waals surface area contributed by atoms with Gasteiger partial charge in [-0.2, -0.15) is 5.26 Å². The molecule has 1 aromatic carbocycles. The largest absolute Gasteiger partial charge is 0.192 e. The highest BCUT2D eigenvalue weighted by Gasteiger charge is 2.09. The third kappa shape index (κ3) is 1.35. The molecule has 0 saturated heterocycles. The Morgan fingerprint density at radius 1 is 1.57 bits per heavy atom. The van der Waals surface area contributed by atoms with E-state index in [-0.39, 0.29) is 0 Å². The van der Waals surface area contributed by atoms with E-state index in [9.17, 15) is 0 Å². The van der Waals surface area contributed by atoms with Crippen molar-refractivity contribution in [3.05, 3.63) is 33.1 Å². The summed E-state index contributed by atoms with van der Waals surface area (Å²) in [5.74, 6) is 0. The number of thiophene rings is 1. The Bertz CT molecular complexity index is 522. The molecule has 0 aliphatic carbocycles. The van der Waals surface area contributed by atoms with Crippen molar-refractivity contribution in [3.8, 4) is 6.07 Å². The maximum Gasteiger partial charge on any atom is 0.101 e. The van der Waals surface area contributed by atoms with E-state index >= 15 is 0 Å². The van der Waals surface area contributed by atoms with Crippen LogP contribution in [0, 0.1) is 11.3 Å². The van der Waals surface area contributed by atoms with Gasteiger partial charge in [-0.1, -0.05) is 6.92 Å². The number of nitrogens with zero attached hydrogens (tertiary/aromatic N) is 1. The van der Waals surface area contributed by atoms with E-state index in [1.807, 2.05) is 11.4 Å². The highest BCUT2D eigenvalue weighted by Crippen LogP contribution is 2.34. The predicted octanol–water partition coefficient (Wildman–Crippen LogP) is 4.10. The van der Waals surface area contributed by atoms with Crippen LogP contribution in [-0.4, -0.2) is 0 Å². The zero-order valence-corrected chi connectivity index (χ0v) is 10.1. The topological polar surface area (TPSA) is 23.8 Å². The molecule has 0 amide bonds. The molecular formula is C11H8BrNS. The molecule has 1 heterocycles. The van der Waals surface area contributed by atoms with Crippen LogP contribution in [0.4, 0.5) is 0 Å². The average molecular weight is 266 g/mol. The summed E-state index contributed by atoms with van der Waals surface area (Å²) in [6, 6.07) is 6.28. The minimum Gasteiger partial charge on any atom is -0.192 e. The number of rotatable bonds is 1. The molecule has 2 aromatic rings. The van der Waals surface area contributed by atoms with Crippen molar-refractivity contribution in [2.75, 3.05) is 0 Å². The van der Waals surface area contributed by atoms with Crippen LogP contribution in [0.3, 0.4) is 0 Å². The van der Waals surface area contributed by atoms with Crippen LogP contribution < -0.4 is 0 Å². The van der Waals surface area contributed by atoms with E-state index in [0.717, 1.165) is 26.5 Å². The van der Waals surface area contributed by atoms with Crippen LogP contribution in [0.25, 0.3) is 10.1 Å². The molecule has 70 valence electrons. The van der Waals surface area contributed by atoms with E-state index in [1.165, 1.54) is 5.56 Å². The number of benzene rings is 1. The molecule has 0 unspecified atom stereocenters. The average Bonchev–Trinajstić information content (AvgIpc) is 2.68. The molecule has 0 aliphatic rings. The molecule has 0 saturated carbocycles. The number of hydrogen-bond acceptors (Lipinski definition) is 2. The smallest absolute Gasteiger partial charge is 0.101 e. The first-order valence-corrected chi connectivity index (χ1v) is 6.04. The fraction of sp³-hybridized carbons (Fsp3) is 0.182. The number of nitriles is 1. The highest BCUT2D eigenvalue weighted by atomic mass is 79.9. The summed E-state index contributed by atoms with van der Waals surface area (Å²) in [6.07, 6.45) is 0.945. The van der Waals surface area contributed by atoms with Crippen LogP contribution in [0.1, 0.15) is 18.1 Å². The van der Waals surface area contributed by atoms with Gasteiger partial charge in [0, 0.05) is 9.86 Å². The Labute approximate surface area is 95.1 Å². The number of halogens is 1. The second kappa shape index (κ2) is 3.72. The van der Waals surface area contributed by atoms with Gasteiger partial charge in [0.05, 0.1) is 10.3 Å². The van der Waals surface area contributed by atoms with Gasteiger partial charge in [0.15, 0.2) is 0 Å². The molecule has 0 bridgehead atoms. The normalized spacial score (nSPS) is 10.4. The Morgan fingerprint density at radius 3 is 3.00 bits per heavy atom. The van der Waals surface area contributed by atoms with Crippen molar-refractivity contribution in [3.63, 3.8) is 0 Å². The Hall–Kier alpha value is -0.850. The third-order valence-corrected chi connectivity index (χ3v) is 4.13. The van der Waals surface area contributed by atoms with Gasteiger partial charge in [0.25, 0.3) is 0 Å². The first kappa shape index (κ1) is 9.70. The summed E-state index contributed by atoms with van der Waals surface area (Å²) in [5.41, 5.74) is 1.99. The molecule has 1 nitrogen and oxygen atoms in total. The molecule has 2 rings (SSSR count). The lowest BCUT2D eigenvalue weighted by Gasteiger charge is -2.03. The van der Waals surface area contributed by atoms with Gasteiger partial charge in [-0.3, -0.25) is 0 Å². The van der Waals surface area contributed by atoms with Gasteiger partial charge in [-0.15, -0.1) is 11.3 Å². The summed E-state index contributed by atoms with van der Waals surface area (Å²) < 4.78 is 2.21. The van der Waals surface area contributed by atoms with E-state index < -0.39 is 0 Å². The summed E-state index contributed by atoms with van der Waals surface area (Å²) >= 11 is 5.20. The maximum absolute atomic E-state index is 9.01. The van der Waals surface area contributed by atoms with E-state index in [1.54, 1.807) is 11.3 Å². The van der Waals surface area contributed by atoms with Crippen molar-refractivity contribution < 1.29 is 0 Å².